The Morgan fingerprint density at radius 1 is 0.862 bits per heavy atom. The van der Waals surface area contributed by atoms with Crippen LogP contribution in [0.5, 0.6) is 0 Å². The lowest BCUT2D eigenvalue weighted by Crippen LogP contribution is -2.13. The Kier molecular flexibility index (Phi) is 4.55. The van der Waals surface area contributed by atoms with Crippen LogP contribution < -0.4 is 5.32 Å². The van der Waals surface area contributed by atoms with Crippen molar-refractivity contribution in [3.8, 4) is 21.4 Å². The molecule has 3 heterocycles. The number of para-hydroxylation sites is 2. The van der Waals surface area contributed by atoms with Gasteiger partial charge < -0.3 is 5.32 Å². The van der Waals surface area contributed by atoms with Gasteiger partial charge in [-0.05, 0) is 30.3 Å². The molecule has 2 aromatic carbocycles. The van der Waals surface area contributed by atoms with E-state index in [1.807, 2.05) is 48.5 Å². The van der Waals surface area contributed by atoms with Crippen molar-refractivity contribution < 1.29 is 4.79 Å². The molecule has 0 saturated heterocycles. The Bertz CT molecular complexity index is 1280. The summed E-state index contributed by atoms with van der Waals surface area (Å²) in [6, 6.07) is 17.4. The van der Waals surface area contributed by atoms with Gasteiger partial charge >= 0.3 is 0 Å². The smallest absolute Gasteiger partial charge is 0.275 e. The highest BCUT2D eigenvalue weighted by Gasteiger charge is 2.16. The Balaban J connectivity index is 1.44. The van der Waals surface area contributed by atoms with E-state index in [0.717, 1.165) is 20.8 Å². The van der Waals surface area contributed by atoms with E-state index in [4.69, 9.17) is 4.98 Å². The van der Waals surface area contributed by atoms with Gasteiger partial charge in [0.25, 0.3) is 5.91 Å². The third-order valence-corrected chi connectivity index (χ3v) is 6.10. The molecule has 0 atom stereocenters. The molecule has 0 aliphatic carbocycles. The van der Waals surface area contributed by atoms with E-state index in [0.29, 0.717) is 22.2 Å². The number of hydrogen-bond donors (Lipinski definition) is 1. The molecule has 3 aromatic heterocycles. The summed E-state index contributed by atoms with van der Waals surface area (Å²) >= 11 is 2.93. The van der Waals surface area contributed by atoms with Crippen molar-refractivity contribution in [1.82, 2.24) is 19.9 Å². The molecule has 1 N–H and O–H groups in total. The molecular formula is C21H13N5OS2. The number of rotatable bonds is 4. The first-order valence-corrected chi connectivity index (χ1v) is 10.5. The maximum absolute atomic E-state index is 12.8. The Morgan fingerprint density at radius 3 is 2.52 bits per heavy atom. The molecule has 6 nitrogen and oxygen atoms in total. The van der Waals surface area contributed by atoms with Crippen molar-refractivity contribution >= 4 is 44.5 Å². The highest BCUT2D eigenvalue weighted by molar-refractivity contribution is 7.21. The van der Waals surface area contributed by atoms with Crippen molar-refractivity contribution in [2.75, 3.05) is 5.32 Å². The Hall–Kier alpha value is -3.49. The molecule has 0 aliphatic heterocycles. The van der Waals surface area contributed by atoms with Gasteiger partial charge in [-0.2, -0.15) is 0 Å². The number of thiazole rings is 2. The molecule has 0 aliphatic rings. The maximum Gasteiger partial charge on any atom is 0.275 e. The standard InChI is InChI=1S/C21H13N5OS2/c27-19(16-12-28-21(26-16)18-22-10-5-11-23-18)24-14-7-2-1-6-13(14)20-25-15-8-3-4-9-17(15)29-20/h1-12H,(H,24,27). The molecule has 0 radical (unpaired) electrons. The largest absolute Gasteiger partial charge is 0.320 e. The molecule has 5 aromatic rings. The Morgan fingerprint density at radius 2 is 1.66 bits per heavy atom. The van der Waals surface area contributed by atoms with Gasteiger partial charge in [0.1, 0.15) is 10.7 Å². The van der Waals surface area contributed by atoms with Gasteiger partial charge in [0.2, 0.25) is 0 Å². The number of benzene rings is 2. The molecule has 0 bridgehead atoms. The van der Waals surface area contributed by atoms with Gasteiger partial charge in [-0.3, -0.25) is 4.79 Å². The minimum absolute atomic E-state index is 0.281. The number of aromatic nitrogens is 4. The minimum Gasteiger partial charge on any atom is -0.320 e. The summed E-state index contributed by atoms with van der Waals surface area (Å²) in [6.45, 7) is 0. The normalized spacial score (nSPS) is 10.9. The maximum atomic E-state index is 12.8. The van der Waals surface area contributed by atoms with Crippen molar-refractivity contribution in [2.45, 2.75) is 0 Å². The molecule has 0 saturated carbocycles. The summed E-state index contributed by atoms with van der Waals surface area (Å²) in [5, 5.41) is 6.14. The van der Waals surface area contributed by atoms with Crippen LogP contribution in [0.3, 0.4) is 0 Å². The highest BCUT2D eigenvalue weighted by Crippen LogP contribution is 2.34. The fraction of sp³-hybridized carbons (Fsp3) is 0. The van der Waals surface area contributed by atoms with Crippen LogP contribution in [-0.2, 0) is 0 Å². The van der Waals surface area contributed by atoms with Crippen molar-refractivity contribution in [1.29, 1.82) is 0 Å². The number of carbonyl (C=O) groups is 1. The number of hydrogen-bond acceptors (Lipinski definition) is 7. The molecule has 1 amide bonds. The van der Waals surface area contributed by atoms with E-state index in [-0.39, 0.29) is 5.91 Å². The lowest BCUT2D eigenvalue weighted by molar-refractivity contribution is 0.102. The van der Waals surface area contributed by atoms with Gasteiger partial charge in [0.15, 0.2) is 10.8 Å². The summed E-state index contributed by atoms with van der Waals surface area (Å²) in [5.41, 5.74) is 2.85. The summed E-state index contributed by atoms with van der Waals surface area (Å²) in [6.07, 6.45) is 3.30. The third kappa shape index (κ3) is 3.51. The molecule has 0 fully saturated rings. The molecule has 140 valence electrons. The molecule has 0 unspecified atom stereocenters. The first kappa shape index (κ1) is 17.6. The first-order chi connectivity index (χ1) is 14.3. The molecule has 5 rings (SSSR count). The van der Waals surface area contributed by atoms with Crippen molar-refractivity contribution in [2.24, 2.45) is 0 Å². The summed E-state index contributed by atoms with van der Waals surface area (Å²) in [7, 11) is 0. The quantitative estimate of drug-likeness (QED) is 0.440. The first-order valence-electron chi connectivity index (χ1n) is 8.77. The number of anilines is 1. The van der Waals surface area contributed by atoms with Gasteiger partial charge in [-0.15, -0.1) is 22.7 Å². The van der Waals surface area contributed by atoms with E-state index in [9.17, 15) is 4.79 Å². The average molecular weight is 416 g/mol. The number of nitrogens with zero attached hydrogens (tertiary/aromatic N) is 4. The van der Waals surface area contributed by atoms with Crippen molar-refractivity contribution in [3.63, 3.8) is 0 Å². The summed E-state index contributed by atoms with van der Waals surface area (Å²) < 4.78 is 1.11. The van der Waals surface area contributed by atoms with E-state index < -0.39 is 0 Å². The lowest BCUT2D eigenvalue weighted by Gasteiger charge is -2.08. The zero-order valence-electron chi connectivity index (χ0n) is 14.9. The van der Waals surface area contributed by atoms with Gasteiger partial charge in [-0.1, -0.05) is 24.3 Å². The second-order valence-corrected chi connectivity index (χ2v) is 7.99. The van der Waals surface area contributed by atoms with Crippen LogP contribution in [0.2, 0.25) is 0 Å². The van der Waals surface area contributed by atoms with Crippen LogP contribution in [0.4, 0.5) is 5.69 Å². The Labute approximate surface area is 174 Å². The number of nitrogens with one attached hydrogen (secondary N) is 1. The molecule has 0 spiro atoms. The van der Waals surface area contributed by atoms with Gasteiger partial charge in [-0.25, -0.2) is 19.9 Å². The molecule has 8 heteroatoms. The highest BCUT2D eigenvalue weighted by atomic mass is 32.1. The molecular weight excluding hydrogens is 402 g/mol. The average Bonchev–Trinajstić information content (AvgIpc) is 3.42. The monoisotopic (exact) mass is 415 g/mol. The topological polar surface area (TPSA) is 80.7 Å². The zero-order chi connectivity index (χ0) is 19.6. The third-order valence-electron chi connectivity index (χ3n) is 4.19. The second kappa shape index (κ2) is 7.50. The molecule has 29 heavy (non-hydrogen) atoms. The fourth-order valence-corrected chi connectivity index (χ4v) is 4.59. The fourth-order valence-electron chi connectivity index (χ4n) is 2.84. The summed E-state index contributed by atoms with van der Waals surface area (Å²) in [4.78, 5) is 30.2. The van der Waals surface area contributed by atoms with E-state index >= 15 is 0 Å². The predicted octanol–water partition coefficient (Wildman–Crippen LogP) is 5.13. The number of amides is 1. The summed E-state index contributed by atoms with van der Waals surface area (Å²) in [5.74, 6) is 0.225. The van der Waals surface area contributed by atoms with Crippen LogP contribution in [-0.4, -0.2) is 25.8 Å². The number of fused-ring (bicyclic) bond motifs is 1. The van der Waals surface area contributed by atoms with E-state index in [2.05, 4.69) is 20.3 Å². The zero-order valence-corrected chi connectivity index (χ0v) is 16.6. The predicted molar refractivity (Wildman–Crippen MR) is 116 cm³/mol. The number of carbonyl (C=O) groups excluding carboxylic acids is 1. The lowest BCUT2D eigenvalue weighted by atomic mass is 10.2. The van der Waals surface area contributed by atoms with Crippen molar-refractivity contribution in [3.05, 3.63) is 78.1 Å². The second-order valence-electron chi connectivity index (χ2n) is 6.10. The van der Waals surface area contributed by atoms with Gasteiger partial charge in [0, 0.05) is 23.3 Å². The van der Waals surface area contributed by atoms with Crippen LogP contribution in [0, 0.1) is 0 Å². The van der Waals surface area contributed by atoms with Gasteiger partial charge in [0.05, 0.1) is 15.9 Å². The van der Waals surface area contributed by atoms with E-state index in [1.54, 1.807) is 35.2 Å². The van der Waals surface area contributed by atoms with Crippen LogP contribution in [0.15, 0.2) is 72.4 Å². The van der Waals surface area contributed by atoms with Crippen LogP contribution in [0.1, 0.15) is 10.5 Å². The van der Waals surface area contributed by atoms with Crippen LogP contribution >= 0.6 is 22.7 Å². The SMILES string of the molecule is O=C(Nc1ccccc1-c1nc2ccccc2s1)c1csc(-c2ncccn2)n1. The van der Waals surface area contributed by atoms with Crippen LogP contribution in [0.25, 0.3) is 31.6 Å². The minimum atomic E-state index is -0.281. The van der Waals surface area contributed by atoms with E-state index in [1.165, 1.54) is 11.3 Å².